The molecule has 1 aliphatic rings. The number of hydrogen-bond donors (Lipinski definition) is 1. The second-order valence-electron chi connectivity index (χ2n) is 5.44. The monoisotopic (exact) mass is 279 g/mol. The van der Waals surface area contributed by atoms with Gasteiger partial charge >= 0.3 is 0 Å². The van der Waals surface area contributed by atoms with Crippen LogP contribution in [0.1, 0.15) is 24.0 Å². The average Bonchev–Trinajstić information content (AvgIpc) is 3.06. The molecule has 0 saturated heterocycles. The zero-order valence-electron chi connectivity index (χ0n) is 12.2. The molecule has 0 bridgehead atoms. The van der Waals surface area contributed by atoms with Crippen LogP contribution in [0.25, 0.3) is 0 Å². The van der Waals surface area contributed by atoms with Crippen LogP contribution < -0.4 is 10.1 Å². The second-order valence-corrected chi connectivity index (χ2v) is 5.44. The maximum Gasteiger partial charge on any atom is 0.119 e. The van der Waals surface area contributed by atoms with Gasteiger partial charge in [0.05, 0.1) is 0 Å². The fraction of sp³-hybridized carbons (Fsp3) is 0.263. The van der Waals surface area contributed by atoms with E-state index in [-0.39, 0.29) is 0 Å². The van der Waals surface area contributed by atoms with Crippen LogP contribution in [-0.2, 0) is 13.2 Å². The summed E-state index contributed by atoms with van der Waals surface area (Å²) in [5, 5.41) is 3.57. The third-order valence-corrected chi connectivity index (χ3v) is 3.77. The van der Waals surface area contributed by atoms with Gasteiger partial charge in [0.15, 0.2) is 0 Å². The molecule has 21 heavy (non-hydrogen) atoms. The fourth-order valence-corrected chi connectivity index (χ4v) is 2.49. The summed E-state index contributed by atoms with van der Waals surface area (Å²) >= 11 is 0. The van der Waals surface area contributed by atoms with E-state index in [2.05, 4.69) is 41.7 Å². The molecular weight excluding hydrogens is 258 g/mol. The molecule has 0 radical (unpaired) electrons. The molecule has 1 N–H and O–H groups in total. The fourth-order valence-electron chi connectivity index (χ4n) is 2.49. The normalized spacial score (nSPS) is 14.5. The van der Waals surface area contributed by atoms with Gasteiger partial charge in [0.2, 0.25) is 0 Å². The van der Waals surface area contributed by atoms with Crippen molar-refractivity contribution in [1.82, 2.24) is 5.32 Å². The van der Waals surface area contributed by atoms with E-state index >= 15 is 0 Å². The summed E-state index contributed by atoms with van der Waals surface area (Å²) < 4.78 is 5.79. The van der Waals surface area contributed by atoms with Crippen LogP contribution in [0.2, 0.25) is 0 Å². The second kappa shape index (κ2) is 7.09. The van der Waals surface area contributed by atoms with Gasteiger partial charge in [0.25, 0.3) is 0 Å². The molecule has 1 aliphatic carbocycles. The molecule has 0 saturated carbocycles. The molecule has 0 aromatic heterocycles. The number of hydrogen-bond acceptors (Lipinski definition) is 2. The van der Waals surface area contributed by atoms with Gasteiger partial charge in [-0.2, -0.15) is 0 Å². The van der Waals surface area contributed by atoms with E-state index in [0.29, 0.717) is 12.6 Å². The van der Waals surface area contributed by atoms with Gasteiger partial charge in [-0.15, -0.1) is 0 Å². The Morgan fingerprint density at radius 2 is 1.57 bits per heavy atom. The van der Waals surface area contributed by atoms with Crippen molar-refractivity contribution in [1.29, 1.82) is 0 Å². The summed E-state index contributed by atoms with van der Waals surface area (Å²) in [6.07, 6.45) is 6.80. The Bertz CT molecular complexity index is 566. The summed E-state index contributed by atoms with van der Waals surface area (Å²) in [4.78, 5) is 0. The van der Waals surface area contributed by atoms with E-state index in [1.165, 1.54) is 11.1 Å². The largest absolute Gasteiger partial charge is 0.489 e. The van der Waals surface area contributed by atoms with Gasteiger partial charge < -0.3 is 10.1 Å². The number of ether oxygens (including phenoxy) is 1. The maximum atomic E-state index is 5.79. The lowest BCUT2D eigenvalue weighted by Crippen LogP contribution is -2.25. The molecule has 0 amide bonds. The van der Waals surface area contributed by atoms with Gasteiger partial charge in [0.1, 0.15) is 12.4 Å². The maximum absolute atomic E-state index is 5.79. The van der Waals surface area contributed by atoms with E-state index in [1.54, 1.807) is 0 Å². The standard InChI is InChI=1S/C19H21NO/c1-2-6-17(7-3-1)15-21-19-12-10-16(11-13-19)14-20-18-8-4-5-9-18/h1-7,10-13,18,20H,8-9,14-15H2. The third kappa shape index (κ3) is 4.20. The summed E-state index contributed by atoms with van der Waals surface area (Å²) in [5.41, 5.74) is 2.49. The van der Waals surface area contributed by atoms with Crippen molar-refractivity contribution < 1.29 is 4.74 Å². The number of nitrogens with one attached hydrogen (secondary N) is 1. The Morgan fingerprint density at radius 3 is 2.29 bits per heavy atom. The summed E-state index contributed by atoms with van der Waals surface area (Å²) in [6, 6.07) is 19.2. The first-order valence-electron chi connectivity index (χ1n) is 7.54. The molecule has 0 spiro atoms. The van der Waals surface area contributed by atoms with Crippen LogP contribution in [0.3, 0.4) is 0 Å². The van der Waals surface area contributed by atoms with Crippen molar-refractivity contribution in [3.8, 4) is 5.75 Å². The molecule has 0 fully saturated rings. The quantitative estimate of drug-likeness (QED) is 0.805. The van der Waals surface area contributed by atoms with Gasteiger partial charge in [-0.1, -0.05) is 54.6 Å². The minimum Gasteiger partial charge on any atom is -0.489 e. The Kier molecular flexibility index (Phi) is 4.70. The zero-order valence-corrected chi connectivity index (χ0v) is 12.2. The highest BCUT2D eigenvalue weighted by molar-refractivity contribution is 5.27. The topological polar surface area (TPSA) is 21.3 Å². The van der Waals surface area contributed by atoms with Crippen molar-refractivity contribution >= 4 is 0 Å². The lowest BCUT2D eigenvalue weighted by molar-refractivity contribution is 0.306. The highest BCUT2D eigenvalue weighted by atomic mass is 16.5. The van der Waals surface area contributed by atoms with Crippen LogP contribution in [-0.4, -0.2) is 6.04 Å². The lowest BCUT2D eigenvalue weighted by atomic mass is 10.2. The predicted molar refractivity (Wildman–Crippen MR) is 86.2 cm³/mol. The zero-order chi connectivity index (χ0) is 14.3. The molecule has 2 nitrogen and oxygen atoms in total. The Labute approximate surface area is 126 Å². The Morgan fingerprint density at radius 1 is 0.857 bits per heavy atom. The Balaban J connectivity index is 1.47. The Hall–Kier alpha value is -2.06. The van der Waals surface area contributed by atoms with E-state index in [0.717, 1.165) is 25.1 Å². The van der Waals surface area contributed by atoms with Gasteiger partial charge in [0, 0.05) is 12.6 Å². The van der Waals surface area contributed by atoms with Crippen LogP contribution in [0.4, 0.5) is 0 Å². The van der Waals surface area contributed by atoms with Crippen LogP contribution in [0.15, 0.2) is 66.7 Å². The number of rotatable bonds is 6. The van der Waals surface area contributed by atoms with E-state index in [4.69, 9.17) is 4.74 Å². The molecule has 3 rings (SSSR count). The van der Waals surface area contributed by atoms with Crippen LogP contribution in [0, 0.1) is 0 Å². The van der Waals surface area contributed by atoms with E-state index < -0.39 is 0 Å². The van der Waals surface area contributed by atoms with Gasteiger partial charge in [-0.3, -0.25) is 0 Å². The molecule has 2 heteroatoms. The highest BCUT2D eigenvalue weighted by Gasteiger charge is 2.08. The van der Waals surface area contributed by atoms with Crippen molar-refractivity contribution in [3.63, 3.8) is 0 Å². The van der Waals surface area contributed by atoms with Gasteiger partial charge in [-0.25, -0.2) is 0 Å². The predicted octanol–water partition coefficient (Wildman–Crippen LogP) is 4.07. The van der Waals surface area contributed by atoms with Crippen LogP contribution >= 0.6 is 0 Å². The van der Waals surface area contributed by atoms with Gasteiger partial charge in [-0.05, 0) is 36.1 Å². The molecule has 2 aromatic carbocycles. The average molecular weight is 279 g/mol. The molecule has 2 aromatic rings. The minimum absolute atomic E-state index is 0.610. The van der Waals surface area contributed by atoms with E-state index in [9.17, 15) is 0 Å². The first kappa shape index (κ1) is 13.9. The lowest BCUT2D eigenvalue weighted by Gasteiger charge is -2.12. The van der Waals surface area contributed by atoms with Crippen molar-refractivity contribution in [3.05, 3.63) is 77.9 Å². The summed E-state index contributed by atoms with van der Waals surface area (Å²) in [6.45, 7) is 1.54. The van der Waals surface area contributed by atoms with Crippen molar-refractivity contribution in [2.45, 2.75) is 32.0 Å². The molecule has 108 valence electrons. The summed E-state index contributed by atoms with van der Waals surface area (Å²) in [5.74, 6) is 0.921. The smallest absolute Gasteiger partial charge is 0.119 e. The summed E-state index contributed by atoms with van der Waals surface area (Å²) in [7, 11) is 0. The first-order chi connectivity index (χ1) is 10.4. The van der Waals surface area contributed by atoms with Crippen molar-refractivity contribution in [2.24, 2.45) is 0 Å². The SMILES string of the molecule is C1=CCC(NCc2ccc(OCc3ccccc3)cc2)C1. The number of benzene rings is 2. The minimum atomic E-state index is 0.610. The van der Waals surface area contributed by atoms with Crippen LogP contribution in [0.5, 0.6) is 5.75 Å². The third-order valence-electron chi connectivity index (χ3n) is 3.77. The molecule has 0 aliphatic heterocycles. The molecular formula is C19H21NO. The highest BCUT2D eigenvalue weighted by Crippen LogP contribution is 2.15. The molecule has 0 heterocycles. The molecule has 0 atom stereocenters. The van der Waals surface area contributed by atoms with E-state index in [1.807, 2.05) is 30.3 Å². The first-order valence-corrected chi connectivity index (χ1v) is 7.54. The van der Waals surface area contributed by atoms with Crippen molar-refractivity contribution in [2.75, 3.05) is 0 Å². The molecule has 0 unspecified atom stereocenters.